The summed E-state index contributed by atoms with van der Waals surface area (Å²) in [5.41, 5.74) is 10.5. The van der Waals surface area contributed by atoms with E-state index in [1.54, 1.807) is 30.3 Å². The van der Waals surface area contributed by atoms with Gasteiger partial charge in [-0.05, 0) is 161 Å². The van der Waals surface area contributed by atoms with E-state index in [1.807, 2.05) is 54.6 Å². The van der Waals surface area contributed by atoms with Crippen molar-refractivity contribution in [1.82, 2.24) is 0 Å². The molecule has 16 aromatic rings. The molecule has 1 heteroatoms. The zero-order valence-corrected chi connectivity index (χ0v) is 41.5. The van der Waals surface area contributed by atoms with Crippen LogP contribution in [0.2, 0.25) is 0 Å². The molecule has 358 valence electrons. The van der Waals surface area contributed by atoms with Crippen LogP contribution < -0.4 is 0 Å². The molecular formula is C76H48O. The van der Waals surface area contributed by atoms with Crippen molar-refractivity contribution >= 4 is 97.3 Å². The number of hydrogen-bond acceptors (Lipinski definition) is 1. The number of fused-ring (bicyclic) bond motifs is 10. The maximum atomic E-state index is 9.21. The van der Waals surface area contributed by atoms with Gasteiger partial charge in [0.15, 0.2) is 0 Å². The van der Waals surface area contributed by atoms with Crippen LogP contribution in [-0.2, 0) is 0 Å². The van der Waals surface area contributed by atoms with Crippen LogP contribution in [0.4, 0.5) is 0 Å². The first-order chi connectivity index (χ1) is 41.5. The second-order valence-electron chi connectivity index (χ2n) is 19.6. The van der Waals surface area contributed by atoms with Crippen LogP contribution in [0.1, 0.15) is 11.0 Å². The molecule has 1 aromatic heterocycles. The molecule has 0 aliphatic heterocycles. The third kappa shape index (κ3) is 7.47. The summed E-state index contributed by atoms with van der Waals surface area (Å²) in [6.07, 6.45) is 0. The Balaban J connectivity index is 0.000000145. The van der Waals surface area contributed by atoms with Gasteiger partial charge in [-0.15, -0.1) is 0 Å². The number of hydrogen-bond donors (Lipinski definition) is 0. The summed E-state index contributed by atoms with van der Waals surface area (Å²) in [6.45, 7) is 0. The Morgan fingerprint density at radius 3 is 1.32 bits per heavy atom. The summed E-state index contributed by atoms with van der Waals surface area (Å²) < 4.78 is 77.6. The number of rotatable bonds is 5. The van der Waals surface area contributed by atoms with Gasteiger partial charge in [-0.1, -0.05) is 261 Å². The first-order valence-corrected chi connectivity index (χ1v) is 25.9. The lowest BCUT2D eigenvalue weighted by atomic mass is 9.85. The molecular weight excluding hydrogens is 929 g/mol. The van der Waals surface area contributed by atoms with Crippen molar-refractivity contribution in [2.45, 2.75) is 0 Å². The maximum Gasteiger partial charge on any atom is 0.136 e. The van der Waals surface area contributed by atoms with Gasteiger partial charge < -0.3 is 4.42 Å². The Kier molecular flexibility index (Phi) is 8.78. The average Bonchev–Trinajstić information content (AvgIpc) is 1.40. The standard InChI is InChI=1S/C40H26.C36H22O/c1-2-13-29-25-32(24-23-27(29)11-1)40-37-20-7-5-18-35(37)39(36-19-6-8-21-38(36)40)31-16-9-15-30(26-31)34-22-10-14-28-12-3-4-17-33(28)34;1-2-11-23(12-3-1)34-26-15-6-8-17-28(26)35(29-18-9-7-16-27(29)34)30-19-10-20-32-36(30)31-21-24-13-4-5-14-25(24)22-33(31)37-32/h1-26H;1-22H/i;6D,7D,8D,9D,15D,16D,17D,18D. The molecule has 15 aromatic carbocycles. The largest absolute Gasteiger partial charge is 0.456 e. The van der Waals surface area contributed by atoms with Gasteiger partial charge in [-0.3, -0.25) is 0 Å². The molecule has 0 fully saturated rings. The van der Waals surface area contributed by atoms with E-state index in [0.717, 1.165) is 16.2 Å². The average molecular weight is 985 g/mol. The molecule has 0 saturated carbocycles. The Labute approximate surface area is 457 Å². The fourth-order valence-corrected chi connectivity index (χ4v) is 11.9. The quantitative estimate of drug-likeness (QED) is 0.157. The van der Waals surface area contributed by atoms with Crippen LogP contribution in [0.25, 0.3) is 153 Å². The van der Waals surface area contributed by atoms with Gasteiger partial charge >= 0.3 is 0 Å². The van der Waals surface area contributed by atoms with Gasteiger partial charge in [0.05, 0.1) is 11.0 Å². The summed E-state index contributed by atoms with van der Waals surface area (Å²) in [7, 11) is 0. The summed E-state index contributed by atoms with van der Waals surface area (Å²) >= 11 is 0. The van der Waals surface area contributed by atoms with Crippen molar-refractivity contribution in [3.63, 3.8) is 0 Å². The van der Waals surface area contributed by atoms with E-state index in [1.165, 1.54) is 76.5 Å². The third-order valence-corrected chi connectivity index (χ3v) is 15.3. The van der Waals surface area contributed by atoms with Crippen LogP contribution in [0.5, 0.6) is 0 Å². The lowest BCUT2D eigenvalue weighted by Crippen LogP contribution is -1.91. The van der Waals surface area contributed by atoms with Gasteiger partial charge in [-0.2, -0.15) is 0 Å². The highest BCUT2D eigenvalue weighted by Crippen LogP contribution is 2.48. The second kappa shape index (κ2) is 18.4. The number of furan rings is 1. The molecule has 77 heavy (non-hydrogen) atoms. The van der Waals surface area contributed by atoms with Gasteiger partial charge in [-0.25, -0.2) is 0 Å². The highest BCUT2D eigenvalue weighted by molar-refractivity contribution is 6.27. The fourth-order valence-electron chi connectivity index (χ4n) is 11.9. The molecule has 0 spiro atoms. The van der Waals surface area contributed by atoms with E-state index in [9.17, 15) is 2.74 Å². The van der Waals surface area contributed by atoms with Crippen LogP contribution in [-0.4, -0.2) is 0 Å². The van der Waals surface area contributed by atoms with Crippen LogP contribution >= 0.6 is 0 Å². The topological polar surface area (TPSA) is 13.1 Å². The van der Waals surface area contributed by atoms with Gasteiger partial charge in [0.2, 0.25) is 0 Å². The molecule has 0 saturated heterocycles. The highest BCUT2D eigenvalue weighted by Gasteiger charge is 2.21. The minimum atomic E-state index is -0.428. The van der Waals surface area contributed by atoms with Gasteiger partial charge in [0.25, 0.3) is 0 Å². The van der Waals surface area contributed by atoms with Crippen LogP contribution in [0.3, 0.4) is 0 Å². The molecule has 0 unspecified atom stereocenters. The lowest BCUT2D eigenvalue weighted by molar-refractivity contribution is 0.669. The van der Waals surface area contributed by atoms with Crippen molar-refractivity contribution in [3.8, 4) is 55.6 Å². The van der Waals surface area contributed by atoms with E-state index in [2.05, 4.69) is 158 Å². The van der Waals surface area contributed by atoms with Gasteiger partial charge in [0, 0.05) is 10.8 Å². The third-order valence-electron chi connectivity index (χ3n) is 15.3. The van der Waals surface area contributed by atoms with Crippen LogP contribution in [0, 0.1) is 0 Å². The molecule has 0 radical (unpaired) electrons. The molecule has 0 bridgehead atoms. The Morgan fingerprint density at radius 1 is 0.234 bits per heavy atom. The minimum Gasteiger partial charge on any atom is -0.456 e. The normalized spacial score (nSPS) is 13.1. The molecule has 1 heterocycles. The molecule has 0 aliphatic rings. The SMILES string of the molecule is [2H]c1c([2H])c([2H])c2c(-c3cccc4oc5cc6ccccc6cc5c34)c3c([2H])c([2H])c([2H])c([2H])c3c(-c3ccccc3)c2c1[2H].c1cc(-c2cccc3ccccc23)cc(-c2c3ccccc3c(-c3ccc4ccccc4c3)c3ccccc23)c1. The fraction of sp³-hybridized carbons (Fsp3) is 0. The molecule has 1 nitrogen and oxygen atoms in total. The Hall–Kier alpha value is -10.1. The molecule has 0 amide bonds. The van der Waals surface area contributed by atoms with E-state index < -0.39 is 24.2 Å². The van der Waals surface area contributed by atoms with E-state index in [-0.39, 0.29) is 45.7 Å². The number of benzene rings is 15. The molecule has 0 N–H and O–H groups in total. The van der Waals surface area contributed by atoms with Crippen molar-refractivity contribution in [2.75, 3.05) is 0 Å². The maximum absolute atomic E-state index is 9.21. The van der Waals surface area contributed by atoms with Crippen molar-refractivity contribution in [2.24, 2.45) is 0 Å². The first-order valence-electron chi connectivity index (χ1n) is 29.9. The predicted octanol–water partition coefficient (Wildman–Crippen LogP) is 21.7. The van der Waals surface area contributed by atoms with E-state index >= 15 is 0 Å². The minimum absolute atomic E-state index is 0.181. The Morgan fingerprint density at radius 2 is 0.675 bits per heavy atom. The summed E-state index contributed by atoms with van der Waals surface area (Å²) in [4.78, 5) is 0. The molecule has 0 aliphatic carbocycles. The van der Waals surface area contributed by atoms with Crippen molar-refractivity contribution in [1.29, 1.82) is 0 Å². The van der Waals surface area contributed by atoms with Crippen molar-refractivity contribution in [3.05, 3.63) is 291 Å². The Bertz CT molecular complexity index is 5330. The monoisotopic (exact) mass is 984 g/mol. The predicted molar refractivity (Wildman–Crippen MR) is 330 cm³/mol. The van der Waals surface area contributed by atoms with Crippen LogP contribution in [0.15, 0.2) is 295 Å². The highest BCUT2D eigenvalue weighted by atomic mass is 16.3. The summed E-state index contributed by atoms with van der Waals surface area (Å²) in [6, 6.07) is 81.0. The lowest BCUT2D eigenvalue weighted by Gasteiger charge is -2.18. The van der Waals surface area contributed by atoms with E-state index in [4.69, 9.17) is 12.6 Å². The summed E-state index contributed by atoms with van der Waals surface area (Å²) in [5, 5.41) is 14.4. The zero-order valence-electron chi connectivity index (χ0n) is 49.5. The molecule has 16 rings (SSSR count). The smallest absolute Gasteiger partial charge is 0.136 e. The second-order valence-corrected chi connectivity index (χ2v) is 19.6. The molecule has 0 atom stereocenters. The van der Waals surface area contributed by atoms with Crippen molar-refractivity contribution < 1.29 is 15.4 Å². The first kappa shape index (κ1) is 36.8. The zero-order chi connectivity index (χ0) is 57.8. The van der Waals surface area contributed by atoms with Gasteiger partial charge in [0.1, 0.15) is 11.2 Å². The van der Waals surface area contributed by atoms with E-state index in [0.29, 0.717) is 38.8 Å². The summed E-state index contributed by atoms with van der Waals surface area (Å²) in [5.74, 6) is 0.